The van der Waals surface area contributed by atoms with Crippen molar-refractivity contribution in [2.24, 2.45) is 0 Å². The molecule has 0 fully saturated rings. The monoisotopic (exact) mass is 296 g/mol. The number of hydrogen-bond acceptors (Lipinski definition) is 2. The van der Waals surface area contributed by atoms with Crippen LogP contribution in [0.15, 0.2) is 60.2 Å². The molecule has 0 aliphatic rings. The van der Waals surface area contributed by atoms with Crippen molar-refractivity contribution in [1.82, 2.24) is 0 Å². The van der Waals surface area contributed by atoms with Crippen LogP contribution in [0.25, 0.3) is 5.57 Å². The molecule has 0 amide bonds. The van der Waals surface area contributed by atoms with Gasteiger partial charge in [0, 0.05) is 5.57 Å². The Morgan fingerprint density at radius 1 is 0.864 bits per heavy atom. The molecule has 0 aromatic heterocycles. The van der Waals surface area contributed by atoms with Crippen molar-refractivity contribution in [3.8, 4) is 0 Å². The smallest absolute Gasteiger partial charge is 0.336 e. The van der Waals surface area contributed by atoms with Gasteiger partial charge in [0.2, 0.25) is 0 Å². The fourth-order valence-corrected chi connectivity index (χ4v) is 2.32. The highest BCUT2D eigenvalue weighted by atomic mass is 16.4. The number of carbonyl (C=O) groups is 2. The maximum Gasteiger partial charge on any atom is 0.336 e. The van der Waals surface area contributed by atoms with Crippen molar-refractivity contribution in [3.05, 3.63) is 76.9 Å². The molecule has 2 aromatic rings. The van der Waals surface area contributed by atoms with E-state index >= 15 is 0 Å². The van der Waals surface area contributed by atoms with E-state index in [4.69, 9.17) is 5.11 Å². The van der Waals surface area contributed by atoms with Crippen molar-refractivity contribution in [2.75, 3.05) is 0 Å². The van der Waals surface area contributed by atoms with Crippen LogP contribution in [-0.2, 0) is 16.0 Å². The summed E-state index contributed by atoms with van der Waals surface area (Å²) in [6, 6.07) is 16.6. The lowest BCUT2D eigenvalue weighted by atomic mass is 9.92. The van der Waals surface area contributed by atoms with Gasteiger partial charge in [-0.2, -0.15) is 0 Å². The average molecular weight is 296 g/mol. The molecule has 2 aromatic carbocycles. The molecule has 2 rings (SSSR count). The van der Waals surface area contributed by atoms with Gasteiger partial charge in [-0.3, -0.25) is 0 Å². The molecule has 2 N–H and O–H groups in total. The van der Waals surface area contributed by atoms with E-state index in [-0.39, 0.29) is 11.1 Å². The molecule has 0 spiro atoms. The van der Waals surface area contributed by atoms with Crippen molar-refractivity contribution >= 4 is 17.5 Å². The lowest BCUT2D eigenvalue weighted by molar-refractivity contribution is -0.134. The molecule has 4 nitrogen and oxygen atoms in total. The summed E-state index contributed by atoms with van der Waals surface area (Å²) in [6.45, 7) is 1.31. The summed E-state index contributed by atoms with van der Waals surface area (Å²) < 4.78 is 0. The molecule has 22 heavy (non-hydrogen) atoms. The third-order valence-electron chi connectivity index (χ3n) is 3.43. The van der Waals surface area contributed by atoms with E-state index < -0.39 is 11.9 Å². The Bertz CT molecular complexity index is 730. The minimum Gasteiger partial charge on any atom is -0.478 e. The van der Waals surface area contributed by atoms with Crippen molar-refractivity contribution in [2.45, 2.75) is 13.3 Å². The van der Waals surface area contributed by atoms with Gasteiger partial charge in [-0.1, -0.05) is 54.6 Å². The normalized spacial score (nSPS) is 11.7. The lowest BCUT2D eigenvalue weighted by Crippen LogP contribution is -2.10. The number of benzene rings is 2. The Hall–Kier alpha value is -2.88. The van der Waals surface area contributed by atoms with E-state index in [2.05, 4.69) is 0 Å². The molecule has 0 aliphatic heterocycles. The summed E-state index contributed by atoms with van der Waals surface area (Å²) in [5.74, 6) is -2.47. The lowest BCUT2D eigenvalue weighted by Gasteiger charge is -2.12. The molecule has 0 radical (unpaired) electrons. The first-order chi connectivity index (χ1) is 10.5. The third kappa shape index (κ3) is 3.41. The van der Waals surface area contributed by atoms with Crippen molar-refractivity contribution < 1.29 is 19.8 Å². The third-order valence-corrected chi connectivity index (χ3v) is 3.43. The van der Waals surface area contributed by atoms with E-state index in [9.17, 15) is 14.7 Å². The van der Waals surface area contributed by atoms with Gasteiger partial charge in [0.1, 0.15) is 0 Å². The van der Waals surface area contributed by atoms with E-state index in [0.717, 1.165) is 11.1 Å². The number of aliphatic carboxylic acids is 2. The Morgan fingerprint density at radius 2 is 1.45 bits per heavy atom. The summed E-state index contributed by atoms with van der Waals surface area (Å²) >= 11 is 0. The van der Waals surface area contributed by atoms with Gasteiger partial charge >= 0.3 is 11.9 Å². The van der Waals surface area contributed by atoms with E-state index in [1.54, 1.807) is 12.1 Å². The minimum atomic E-state index is -1.24. The topological polar surface area (TPSA) is 74.6 Å². The van der Waals surface area contributed by atoms with Crippen LogP contribution in [0.1, 0.15) is 23.6 Å². The van der Waals surface area contributed by atoms with Crippen LogP contribution in [0.5, 0.6) is 0 Å². The second-order valence-corrected chi connectivity index (χ2v) is 4.93. The van der Waals surface area contributed by atoms with Crippen LogP contribution in [0.2, 0.25) is 0 Å². The van der Waals surface area contributed by atoms with Crippen molar-refractivity contribution in [3.63, 3.8) is 0 Å². The molecule has 0 unspecified atom stereocenters. The predicted molar refractivity (Wildman–Crippen MR) is 83.6 cm³/mol. The molecule has 0 aliphatic carbocycles. The van der Waals surface area contributed by atoms with Crippen LogP contribution >= 0.6 is 0 Å². The molecule has 0 bridgehead atoms. The Kier molecular flexibility index (Phi) is 4.73. The van der Waals surface area contributed by atoms with Crippen LogP contribution < -0.4 is 0 Å². The Morgan fingerprint density at radius 3 is 2.05 bits per heavy atom. The maximum absolute atomic E-state index is 11.5. The Balaban J connectivity index is 2.54. The average Bonchev–Trinajstić information content (AvgIpc) is 2.49. The molecule has 112 valence electrons. The largest absolute Gasteiger partial charge is 0.478 e. The predicted octanol–water partition coefficient (Wildman–Crippen LogP) is 3.22. The second kappa shape index (κ2) is 6.72. The summed E-state index contributed by atoms with van der Waals surface area (Å²) in [6.07, 6.45) is 0.542. The van der Waals surface area contributed by atoms with Gasteiger partial charge in [0.05, 0.1) is 5.57 Å². The zero-order chi connectivity index (χ0) is 16.1. The first-order valence-corrected chi connectivity index (χ1v) is 6.80. The van der Waals surface area contributed by atoms with E-state index in [1.165, 1.54) is 6.92 Å². The minimum absolute atomic E-state index is 0.168. The van der Waals surface area contributed by atoms with Gasteiger partial charge in [-0.15, -0.1) is 0 Å². The summed E-state index contributed by atoms with van der Waals surface area (Å²) in [7, 11) is 0. The molecule has 0 saturated carbocycles. The first kappa shape index (κ1) is 15.5. The second-order valence-electron chi connectivity index (χ2n) is 4.93. The number of rotatable bonds is 5. The highest BCUT2D eigenvalue weighted by molar-refractivity contribution is 6.21. The maximum atomic E-state index is 11.5. The quantitative estimate of drug-likeness (QED) is 0.831. The number of carboxylic acid groups (broad SMARTS) is 2. The number of hydrogen-bond donors (Lipinski definition) is 2. The first-order valence-electron chi connectivity index (χ1n) is 6.80. The van der Waals surface area contributed by atoms with E-state index in [1.807, 2.05) is 42.5 Å². The fraction of sp³-hybridized carbons (Fsp3) is 0.111. The van der Waals surface area contributed by atoms with Crippen LogP contribution in [-0.4, -0.2) is 22.2 Å². The SMILES string of the molecule is C/C(C(=O)O)=C(\C(=O)O)c1ccccc1Cc1ccccc1. The highest BCUT2D eigenvalue weighted by Crippen LogP contribution is 2.25. The summed E-state index contributed by atoms with van der Waals surface area (Å²) in [5.41, 5.74) is 1.92. The molecule has 0 atom stereocenters. The number of carboxylic acids is 2. The molecule has 0 saturated heterocycles. The van der Waals surface area contributed by atoms with Gasteiger partial charge in [-0.25, -0.2) is 9.59 Å². The standard InChI is InChI=1S/C18H16O4/c1-12(17(19)20)16(18(21)22)15-10-6-5-9-14(15)11-13-7-3-2-4-8-13/h2-10H,11H2,1H3,(H,19,20)(H,21,22)/b16-12+. The van der Waals surface area contributed by atoms with Crippen LogP contribution in [0, 0.1) is 0 Å². The van der Waals surface area contributed by atoms with Gasteiger partial charge in [0.25, 0.3) is 0 Å². The van der Waals surface area contributed by atoms with Crippen LogP contribution in [0.4, 0.5) is 0 Å². The fourth-order valence-electron chi connectivity index (χ4n) is 2.32. The van der Waals surface area contributed by atoms with Crippen molar-refractivity contribution in [1.29, 1.82) is 0 Å². The zero-order valence-corrected chi connectivity index (χ0v) is 12.1. The van der Waals surface area contributed by atoms with E-state index in [0.29, 0.717) is 12.0 Å². The summed E-state index contributed by atoms with van der Waals surface area (Å²) in [5, 5.41) is 18.5. The van der Waals surface area contributed by atoms with Gasteiger partial charge < -0.3 is 10.2 Å². The summed E-state index contributed by atoms with van der Waals surface area (Å²) in [4.78, 5) is 22.7. The molecular weight excluding hydrogens is 280 g/mol. The molecule has 0 heterocycles. The van der Waals surface area contributed by atoms with Gasteiger partial charge in [0.15, 0.2) is 0 Å². The van der Waals surface area contributed by atoms with Gasteiger partial charge in [-0.05, 0) is 30.0 Å². The van der Waals surface area contributed by atoms with Crippen LogP contribution in [0.3, 0.4) is 0 Å². The molecular formula is C18H16O4. The Labute approximate surface area is 128 Å². The molecule has 4 heteroatoms. The highest BCUT2D eigenvalue weighted by Gasteiger charge is 2.20. The zero-order valence-electron chi connectivity index (χ0n) is 12.1.